The van der Waals surface area contributed by atoms with Crippen molar-refractivity contribution in [2.75, 3.05) is 6.54 Å². The molecule has 0 saturated heterocycles. The molecule has 5 nitrogen and oxygen atoms in total. The summed E-state index contributed by atoms with van der Waals surface area (Å²) in [6.07, 6.45) is 1.56. The van der Waals surface area contributed by atoms with Gasteiger partial charge in [0.1, 0.15) is 0 Å². The number of carbonyl (C=O) groups is 1. The molecule has 1 aromatic heterocycles. The average Bonchev–Trinajstić information content (AvgIpc) is 2.51. The van der Waals surface area contributed by atoms with Gasteiger partial charge in [-0.1, -0.05) is 32.0 Å². The number of amides is 1. The Kier molecular flexibility index (Phi) is 4.43. The van der Waals surface area contributed by atoms with Gasteiger partial charge in [-0.15, -0.1) is 0 Å². The zero-order chi connectivity index (χ0) is 15.5. The van der Waals surface area contributed by atoms with E-state index in [1.165, 1.54) is 6.07 Å². The molecule has 21 heavy (non-hydrogen) atoms. The third-order valence-electron chi connectivity index (χ3n) is 4.00. The maximum absolute atomic E-state index is 12.4. The molecule has 0 bridgehead atoms. The first-order chi connectivity index (χ1) is 9.99. The molecule has 2 rings (SSSR count). The van der Waals surface area contributed by atoms with Crippen molar-refractivity contribution in [2.45, 2.75) is 32.2 Å². The second-order valence-corrected chi connectivity index (χ2v) is 5.35. The van der Waals surface area contributed by atoms with Crippen molar-refractivity contribution >= 4 is 16.8 Å². The fourth-order valence-electron chi connectivity index (χ4n) is 2.24. The van der Waals surface area contributed by atoms with E-state index in [1.54, 1.807) is 6.07 Å². The van der Waals surface area contributed by atoms with Gasteiger partial charge >= 0.3 is 0 Å². The lowest BCUT2D eigenvalue weighted by Gasteiger charge is -2.26. The minimum absolute atomic E-state index is 0.269. The van der Waals surface area contributed by atoms with Crippen molar-refractivity contribution in [1.82, 2.24) is 10.3 Å². The zero-order valence-electron chi connectivity index (χ0n) is 12.4. The van der Waals surface area contributed by atoms with E-state index in [9.17, 15) is 9.59 Å². The smallest absolute Gasteiger partial charge is 0.252 e. The molecule has 0 aliphatic heterocycles. The Hall–Kier alpha value is -2.14. The fourth-order valence-corrected chi connectivity index (χ4v) is 2.24. The van der Waals surface area contributed by atoms with Gasteiger partial charge in [0.05, 0.1) is 5.56 Å². The second-order valence-electron chi connectivity index (χ2n) is 5.35. The van der Waals surface area contributed by atoms with E-state index >= 15 is 0 Å². The SMILES string of the molecule is CCC(N)(CC)CNC(=O)c1cc(=O)[nH]c2ccccc12. The van der Waals surface area contributed by atoms with Crippen molar-refractivity contribution in [1.29, 1.82) is 0 Å². The predicted molar refractivity (Wildman–Crippen MR) is 84.4 cm³/mol. The molecule has 0 radical (unpaired) electrons. The third kappa shape index (κ3) is 3.31. The number of benzene rings is 1. The summed E-state index contributed by atoms with van der Waals surface area (Å²) in [5.41, 5.74) is 6.52. The summed E-state index contributed by atoms with van der Waals surface area (Å²) in [5, 5.41) is 3.57. The van der Waals surface area contributed by atoms with E-state index in [0.29, 0.717) is 17.6 Å². The van der Waals surface area contributed by atoms with Crippen LogP contribution in [0.15, 0.2) is 35.1 Å². The first-order valence-corrected chi connectivity index (χ1v) is 7.18. The van der Waals surface area contributed by atoms with Gasteiger partial charge in [-0.3, -0.25) is 9.59 Å². The minimum atomic E-state index is -0.410. The molecule has 1 heterocycles. The maximum atomic E-state index is 12.4. The van der Waals surface area contributed by atoms with Crippen LogP contribution >= 0.6 is 0 Å². The Morgan fingerprint density at radius 2 is 1.95 bits per heavy atom. The van der Waals surface area contributed by atoms with Crippen LogP contribution in [0.3, 0.4) is 0 Å². The van der Waals surface area contributed by atoms with Gasteiger partial charge in [-0.05, 0) is 18.9 Å². The molecule has 2 aromatic rings. The standard InChI is InChI=1S/C16H21N3O2/c1-3-16(17,4-2)10-18-15(21)12-9-14(20)19-13-8-6-5-7-11(12)13/h5-9H,3-4,10,17H2,1-2H3,(H,18,21)(H,19,20). The van der Waals surface area contributed by atoms with Gasteiger partial charge in [0.25, 0.3) is 5.91 Å². The van der Waals surface area contributed by atoms with E-state index in [0.717, 1.165) is 18.2 Å². The van der Waals surface area contributed by atoms with Gasteiger partial charge in [0.15, 0.2) is 0 Å². The van der Waals surface area contributed by atoms with E-state index in [2.05, 4.69) is 10.3 Å². The van der Waals surface area contributed by atoms with Crippen LogP contribution in [0.5, 0.6) is 0 Å². The van der Waals surface area contributed by atoms with Crippen LogP contribution < -0.4 is 16.6 Å². The molecule has 0 saturated carbocycles. The number of pyridine rings is 1. The Morgan fingerprint density at radius 1 is 1.29 bits per heavy atom. The lowest BCUT2D eigenvalue weighted by molar-refractivity contribution is 0.0943. The van der Waals surface area contributed by atoms with Gasteiger partial charge in [-0.2, -0.15) is 0 Å². The Morgan fingerprint density at radius 3 is 2.62 bits per heavy atom. The van der Waals surface area contributed by atoms with Crippen molar-refractivity contribution < 1.29 is 4.79 Å². The number of nitrogens with one attached hydrogen (secondary N) is 2. The molecule has 1 amide bonds. The van der Waals surface area contributed by atoms with Crippen LogP contribution in [0.2, 0.25) is 0 Å². The molecule has 0 aliphatic carbocycles. The largest absolute Gasteiger partial charge is 0.350 e. The number of para-hydroxylation sites is 1. The third-order valence-corrected chi connectivity index (χ3v) is 4.00. The molecule has 0 atom stereocenters. The van der Waals surface area contributed by atoms with Crippen LogP contribution in [0, 0.1) is 0 Å². The maximum Gasteiger partial charge on any atom is 0.252 e. The van der Waals surface area contributed by atoms with Crippen LogP contribution in [-0.4, -0.2) is 23.0 Å². The van der Waals surface area contributed by atoms with E-state index in [1.807, 2.05) is 32.0 Å². The number of aromatic amines is 1. The number of fused-ring (bicyclic) bond motifs is 1. The number of hydrogen-bond donors (Lipinski definition) is 3. The normalized spacial score (nSPS) is 11.6. The van der Waals surface area contributed by atoms with Gasteiger partial charge < -0.3 is 16.0 Å². The zero-order valence-corrected chi connectivity index (χ0v) is 12.4. The summed E-state index contributed by atoms with van der Waals surface area (Å²) in [7, 11) is 0. The molecule has 0 unspecified atom stereocenters. The summed E-state index contributed by atoms with van der Waals surface area (Å²) in [5.74, 6) is -0.269. The van der Waals surface area contributed by atoms with Crippen LogP contribution in [0.1, 0.15) is 37.0 Å². The van der Waals surface area contributed by atoms with E-state index < -0.39 is 5.54 Å². The van der Waals surface area contributed by atoms with E-state index in [-0.39, 0.29) is 11.5 Å². The van der Waals surface area contributed by atoms with Crippen LogP contribution in [0.4, 0.5) is 0 Å². The van der Waals surface area contributed by atoms with Gasteiger partial charge in [0, 0.05) is 29.1 Å². The molecule has 0 aliphatic rings. The lowest BCUT2D eigenvalue weighted by atomic mass is 9.94. The van der Waals surface area contributed by atoms with Crippen molar-refractivity contribution in [3.05, 3.63) is 46.2 Å². The molecular formula is C16H21N3O2. The average molecular weight is 287 g/mol. The van der Waals surface area contributed by atoms with Crippen LogP contribution in [0.25, 0.3) is 10.9 Å². The minimum Gasteiger partial charge on any atom is -0.350 e. The summed E-state index contributed by atoms with van der Waals surface area (Å²) in [4.78, 5) is 26.8. The molecule has 4 N–H and O–H groups in total. The first-order valence-electron chi connectivity index (χ1n) is 7.18. The monoisotopic (exact) mass is 287 g/mol. The highest BCUT2D eigenvalue weighted by Crippen LogP contribution is 2.15. The van der Waals surface area contributed by atoms with Crippen molar-refractivity contribution in [3.8, 4) is 0 Å². The molecule has 0 spiro atoms. The molecule has 112 valence electrons. The van der Waals surface area contributed by atoms with Gasteiger partial charge in [0.2, 0.25) is 5.56 Å². The first kappa shape index (κ1) is 15.3. The van der Waals surface area contributed by atoms with Crippen LogP contribution in [-0.2, 0) is 0 Å². The number of rotatable bonds is 5. The molecular weight excluding hydrogens is 266 g/mol. The van der Waals surface area contributed by atoms with Crippen molar-refractivity contribution in [2.24, 2.45) is 5.73 Å². The summed E-state index contributed by atoms with van der Waals surface area (Å²) in [6.45, 7) is 4.39. The number of nitrogens with two attached hydrogens (primary N) is 1. The highest BCUT2D eigenvalue weighted by atomic mass is 16.2. The summed E-state index contributed by atoms with van der Waals surface area (Å²) in [6, 6.07) is 8.57. The number of hydrogen-bond acceptors (Lipinski definition) is 3. The molecule has 1 aromatic carbocycles. The van der Waals surface area contributed by atoms with Crippen molar-refractivity contribution in [3.63, 3.8) is 0 Å². The van der Waals surface area contributed by atoms with E-state index in [4.69, 9.17) is 5.73 Å². The molecule has 0 fully saturated rings. The number of carbonyl (C=O) groups excluding carboxylic acids is 1. The number of aromatic nitrogens is 1. The molecule has 5 heteroatoms. The summed E-state index contributed by atoms with van der Waals surface area (Å²) < 4.78 is 0. The van der Waals surface area contributed by atoms with Gasteiger partial charge in [-0.25, -0.2) is 0 Å². The Bertz CT molecular complexity index is 702. The number of H-pyrrole nitrogens is 1. The quantitative estimate of drug-likeness (QED) is 0.783. The lowest BCUT2D eigenvalue weighted by Crippen LogP contribution is -2.49. The predicted octanol–water partition coefficient (Wildman–Crippen LogP) is 1.78. The topological polar surface area (TPSA) is 88.0 Å². The highest BCUT2D eigenvalue weighted by Gasteiger charge is 2.21. The Labute approximate surface area is 123 Å². The highest BCUT2D eigenvalue weighted by molar-refractivity contribution is 6.05. The second kappa shape index (κ2) is 6.10. The Balaban J connectivity index is 2.30. The summed E-state index contributed by atoms with van der Waals surface area (Å²) >= 11 is 0. The fraction of sp³-hybridized carbons (Fsp3) is 0.375.